The van der Waals surface area contributed by atoms with E-state index in [1.807, 2.05) is 55.1 Å². The van der Waals surface area contributed by atoms with Gasteiger partial charge in [-0.05, 0) is 19.1 Å². The first-order valence-corrected chi connectivity index (χ1v) is 6.94. The topological polar surface area (TPSA) is 38.1 Å². The molecule has 19 heavy (non-hydrogen) atoms. The van der Waals surface area contributed by atoms with Gasteiger partial charge in [0.05, 0.1) is 5.25 Å². The van der Waals surface area contributed by atoms with Crippen LogP contribution in [0.25, 0.3) is 0 Å². The van der Waals surface area contributed by atoms with Crippen molar-refractivity contribution in [2.75, 3.05) is 11.9 Å². The van der Waals surface area contributed by atoms with Gasteiger partial charge < -0.3 is 9.47 Å². The Labute approximate surface area is 117 Å². The van der Waals surface area contributed by atoms with Crippen molar-refractivity contribution in [2.24, 2.45) is 7.05 Å². The first kappa shape index (κ1) is 13.7. The van der Waals surface area contributed by atoms with Gasteiger partial charge in [-0.1, -0.05) is 30.0 Å². The highest BCUT2D eigenvalue weighted by atomic mass is 32.2. The lowest BCUT2D eigenvalue weighted by molar-refractivity contribution is -0.117. The number of amides is 1. The average molecular weight is 275 g/mol. The second-order valence-electron chi connectivity index (χ2n) is 4.31. The minimum Gasteiger partial charge on any atom is -0.329 e. The van der Waals surface area contributed by atoms with Crippen LogP contribution in [0.1, 0.15) is 6.92 Å². The van der Waals surface area contributed by atoms with Crippen molar-refractivity contribution < 1.29 is 4.79 Å². The Morgan fingerprint density at radius 3 is 2.63 bits per heavy atom. The molecule has 1 aromatic carbocycles. The number of anilines is 1. The number of hydrogen-bond donors (Lipinski definition) is 0. The molecule has 0 aliphatic heterocycles. The smallest absolute Gasteiger partial charge is 0.240 e. The summed E-state index contributed by atoms with van der Waals surface area (Å²) in [5, 5.41) is 0.675. The summed E-state index contributed by atoms with van der Waals surface area (Å²) in [7, 11) is 3.72. The second-order valence-corrected chi connectivity index (χ2v) is 5.62. The van der Waals surface area contributed by atoms with Gasteiger partial charge in [0.25, 0.3) is 0 Å². The molecule has 0 bridgehead atoms. The second kappa shape index (κ2) is 5.93. The monoisotopic (exact) mass is 275 g/mol. The summed E-state index contributed by atoms with van der Waals surface area (Å²) in [5.74, 6) is 0.0687. The zero-order valence-electron chi connectivity index (χ0n) is 11.3. The molecule has 0 N–H and O–H groups in total. The molecule has 1 amide bonds. The van der Waals surface area contributed by atoms with Crippen LogP contribution in [-0.2, 0) is 11.8 Å². The minimum absolute atomic E-state index is 0.0687. The van der Waals surface area contributed by atoms with Gasteiger partial charge in [0.1, 0.15) is 0 Å². The lowest BCUT2D eigenvalue weighted by Crippen LogP contribution is -2.33. The van der Waals surface area contributed by atoms with E-state index in [0.29, 0.717) is 0 Å². The molecule has 5 heteroatoms. The molecule has 0 fully saturated rings. The number of aromatic nitrogens is 2. The Kier molecular flexibility index (Phi) is 4.27. The van der Waals surface area contributed by atoms with E-state index in [1.54, 1.807) is 18.1 Å². The Morgan fingerprint density at radius 2 is 2.05 bits per heavy atom. The predicted octanol–water partition coefficient (Wildman–Crippen LogP) is 2.56. The largest absolute Gasteiger partial charge is 0.329 e. The minimum atomic E-state index is -0.175. The Morgan fingerprint density at radius 1 is 1.37 bits per heavy atom. The molecule has 0 spiro atoms. The molecule has 2 aromatic rings. The van der Waals surface area contributed by atoms with Crippen molar-refractivity contribution >= 4 is 23.4 Å². The van der Waals surface area contributed by atoms with E-state index >= 15 is 0 Å². The standard InChI is InChI=1S/C14H17N3OS/c1-11(19-14-15-9-10-16(14)2)13(18)17(3)12-7-5-4-6-8-12/h4-11H,1-3H3/t11-/m0/s1. The van der Waals surface area contributed by atoms with Crippen LogP contribution in [0.5, 0.6) is 0 Å². The average Bonchev–Trinajstić information content (AvgIpc) is 2.83. The van der Waals surface area contributed by atoms with Gasteiger partial charge in [-0.3, -0.25) is 4.79 Å². The molecule has 0 saturated carbocycles. The first-order chi connectivity index (χ1) is 9.09. The maximum atomic E-state index is 12.3. The number of carbonyl (C=O) groups excluding carboxylic acids is 1. The Hall–Kier alpha value is -1.75. The van der Waals surface area contributed by atoms with Crippen molar-refractivity contribution in [1.29, 1.82) is 0 Å². The molecule has 0 aliphatic rings. The van der Waals surface area contributed by atoms with Crippen LogP contribution >= 0.6 is 11.8 Å². The molecule has 1 heterocycles. The lowest BCUT2D eigenvalue weighted by atomic mass is 10.3. The normalized spacial score (nSPS) is 12.2. The van der Waals surface area contributed by atoms with Crippen LogP contribution in [0.3, 0.4) is 0 Å². The predicted molar refractivity (Wildman–Crippen MR) is 78.4 cm³/mol. The van der Waals surface area contributed by atoms with Gasteiger partial charge in [-0.15, -0.1) is 0 Å². The molecule has 2 rings (SSSR count). The molecular weight excluding hydrogens is 258 g/mol. The van der Waals surface area contributed by atoms with E-state index in [-0.39, 0.29) is 11.2 Å². The van der Waals surface area contributed by atoms with Gasteiger partial charge in [-0.2, -0.15) is 0 Å². The molecule has 0 saturated heterocycles. The van der Waals surface area contributed by atoms with Crippen molar-refractivity contribution in [2.45, 2.75) is 17.3 Å². The number of rotatable bonds is 4. The number of carbonyl (C=O) groups is 1. The highest BCUT2D eigenvalue weighted by Crippen LogP contribution is 2.23. The molecule has 0 radical (unpaired) electrons. The van der Waals surface area contributed by atoms with Crippen molar-refractivity contribution in [3.8, 4) is 0 Å². The summed E-state index contributed by atoms with van der Waals surface area (Å²) in [4.78, 5) is 18.3. The third kappa shape index (κ3) is 3.17. The maximum Gasteiger partial charge on any atom is 0.240 e. The molecule has 1 atom stereocenters. The number of thioether (sulfide) groups is 1. The van der Waals surface area contributed by atoms with Gasteiger partial charge in [0.15, 0.2) is 5.16 Å². The highest BCUT2D eigenvalue weighted by Gasteiger charge is 2.21. The SMILES string of the molecule is C[C@H](Sc1nccn1C)C(=O)N(C)c1ccccc1. The fourth-order valence-corrected chi connectivity index (χ4v) is 2.65. The third-order valence-corrected chi connectivity index (χ3v) is 4.04. The summed E-state index contributed by atoms with van der Waals surface area (Å²) < 4.78 is 1.91. The van der Waals surface area contributed by atoms with Crippen LogP contribution in [0, 0.1) is 0 Å². The third-order valence-electron chi connectivity index (χ3n) is 2.88. The molecular formula is C14H17N3OS. The van der Waals surface area contributed by atoms with E-state index in [2.05, 4.69) is 4.98 Å². The maximum absolute atomic E-state index is 12.3. The number of imidazole rings is 1. The molecule has 0 unspecified atom stereocenters. The Balaban J connectivity index is 2.05. The summed E-state index contributed by atoms with van der Waals surface area (Å²) in [6.45, 7) is 1.90. The fraction of sp³-hybridized carbons (Fsp3) is 0.286. The van der Waals surface area contributed by atoms with Crippen LogP contribution in [0.4, 0.5) is 5.69 Å². The van der Waals surface area contributed by atoms with Gasteiger partial charge in [-0.25, -0.2) is 4.98 Å². The van der Waals surface area contributed by atoms with Gasteiger partial charge >= 0.3 is 0 Å². The summed E-state index contributed by atoms with van der Waals surface area (Å²) in [6.07, 6.45) is 3.61. The number of para-hydroxylation sites is 1. The molecule has 0 aliphatic carbocycles. The van der Waals surface area contributed by atoms with Crippen molar-refractivity contribution in [1.82, 2.24) is 9.55 Å². The number of hydrogen-bond acceptors (Lipinski definition) is 3. The lowest BCUT2D eigenvalue weighted by Gasteiger charge is -2.20. The number of nitrogens with zero attached hydrogens (tertiary/aromatic N) is 3. The molecule has 4 nitrogen and oxygen atoms in total. The van der Waals surface area contributed by atoms with E-state index in [9.17, 15) is 4.79 Å². The Bertz CT molecular complexity index is 553. The summed E-state index contributed by atoms with van der Waals surface area (Å²) in [6, 6.07) is 9.64. The van der Waals surface area contributed by atoms with Gasteiger partial charge in [0, 0.05) is 32.2 Å². The summed E-state index contributed by atoms with van der Waals surface area (Å²) in [5.41, 5.74) is 0.903. The van der Waals surface area contributed by atoms with Gasteiger partial charge in [0.2, 0.25) is 5.91 Å². The van der Waals surface area contributed by atoms with E-state index < -0.39 is 0 Å². The summed E-state index contributed by atoms with van der Waals surface area (Å²) >= 11 is 1.47. The van der Waals surface area contributed by atoms with E-state index in [0.717, 1.165) is 10.8 Å². The molecule has 100 valence electrons. The van der Waals surface area contributed by atoms with E-state index in [4.69, 9.17) is 0 Å². The number of benzene rings is 1. The zero-order chi connectivity index (χ0) is 13.8. The van der Waals surface area contributed by atoms with Crippen LogP contribution in [-0.4, -0.2) is 27.8 Å². The number of aryl methyl sites for hydroxylation is 1. The van der Waals surface area contributed by atoms with Crippen LogP contribution in [0.2, 0.25) is 0 Å². The van der Waals surface area contributed by atoms with E-state index in [1.165, 1.54) is 11.8 Å². The van der Waals surface area contributed by atoms with Crippen LogP contribution < -0.4 is 4.90 Å². The zero-order valence-corrected chi connectivity index (χ0v) is 12.1. The highest BCUT2D eigenvalue weighted by molar-refractivity contribution is 8.00. The van der Waals surface area contributed by atoms with Crippen molar-refractivity contribution in [3.05, 3.63) is 42.7 Å². The van der Waals surface area contributed by atoms with Crippen LogP contribution in [0.15, 0.2) is 47.9 Å². The quantitative estimate of drug-likeness (QED) is 0.805. The molecule has 1 aromatic heterocycles. The fourth-order valence-electron chi connectivity index (χ4n) is 1.73. The first-order valence-electron chi connectivity index (χ1n) is 6.06. The van der Waals surface area contributed by atoms with Crippen molar-refractivity contribution in [3.63, 3.8) is 0 Å².